The quantitative estimate of drug-likeness (QED) is 0.865. The van der Waals surface area contributed by atoms with Crippen LogP contribution in [-0.4, -0.2) is 30.6 Å². The van der Waals surface area contributed by atoms with Crippen molar-refractivity contribution in [3.05, 3.63) is 35.9 Å². The zero-order valence-corrected chi connectivity index (χ0v) is 11.5. The first kappa shape index (κ1) is 13.6. The van der Waals surface area contributed by atoms with Gasteiger partial charge in [-0.2, -0.15) is 0 Å². The second kappa shape index (κ2) is 6.91. The van der Waals surface area contributed by atoms with E-state index in [9.17, 15) is 0 Å². The molecule has 1 aliphatic carbocycles. The Morgan fingerprint density at radius 1 is 1.17 bits per heavy atom. The van der Waals surface area contributed by atoms with E-state index >= 15 is 0 Å². The summed E-state index contributed by atoms with van der Waals surface area (Å²) in [5, 5.41) is 0. The zero-order valence-electron chi connectivity index (χ0n) is 11.5. The molecule has 2 rings (SSSR count). The van der Waals surface area contributed by atoms with Crippen LogP contribution in [0.2, 0.25) is 0 Å². The maximum atomic E-state index is 5.75. The summed E-state index contributed by atoms with van der Waals surface area (Å²) < 4.78 is 0. The molecule has 0 spiro atoms. The number of hydrogen-bond donors (Lipinski definition) is 1. The number of benzene rings is 1. The normalized spacial score (nSPS) is 24.4. The Balaban J connectivity index is 2.15. The van der Waals surface area contributed by atoms with Gasteiger partial charge in [-0.15, -0.1) is 0 Å². The predicted octanol–water partition coefficient (Wildman–Crippen LogP) is 2.99. The predicted molar refractivity (Wildman–Crippen MR) is 77.7 cm³/mol. The molecule has 0 saturated heterocycles. The van der Waals surface area contributed by atoms with Gasteiger partial charge in [0.25, 0.3) is 0 Å². The van der Waals surface area contributed by atoms with Crippen molar-refractivity contribution < 1.29 is 0 Å². The summed E-state index contributed by atoms with van der Waals surface area (Å²) in [7, 11) is 0. The monoisotopic (exact) mass is 246 g/mol. The summed E-state index contributed by atoms with van der Waals surface area (Å²) in [5.41, 5.74) is 7.27. The van der Waals surface area contributed by atoms with Gasteiger partial charge in [-0.3, -0.25) is 4.90 Å². The van der Waals surface area contributed by atoms with E-state index in [1.54, 1.807) is 0 Å². The highest BCUT2D eigenvalue weighted by molar-refractivity contribution is 5.22. The lowest BCUT2D eigenvalue weighted by Gasteiger charge is -2.40. The number of likely N-dealkylation sites (N-methyl/N-ethyl adjacent to an activating group) is 1. The SMILES string of the molecule is CCN(CCN)C1CCCCC1c1ccccc1. The average molecular weight is 246 g/mol. The number of nitrogens with zero attached hydrogens (tertiary/aromatic N) is 1. The molecule has 1 aromatic carbocycles. The van der Waals surface area contributed by atoms with Gasteiger partial charge in [0.1, 0.15) is 0 Å². The lowest BCUT2D eigenvalue weighted by molar-refractivity contribution is 0.146. The third-order valence-corrected chi connectivity index (χ3v) is 4.25. The van der Waals surface area contributed by atoms with Gasteiger partial charge in [0.15, 0.2) is 0 Å². The molecule has 1 aromatic rings. The molecule has 0 radical (unpaired) electrons. The Labute approximate surface area is 111 Å². The van der Waals surface area contributed by atoms with Crippen LogP contribution in [-0.2, 0) is 0 Å². The van der Waals surface area contributed by atoms with Crippen LogP contribution in [0, 0.1) is 0 Å². The van der Waals surface area contributed by atoms with Crippen molar-refractivity contribution in [2.45, 2.75) is 44.6 Å². The lowest BCUT2D eigenvalue weighted by Crippen LogP contribution is -2.43. The van der Waals surface area contributed by atoms with Gasteiger partial charge in [-0.25, -0.2) is 0 Å². The molecular formula is C16H26N2. The molecule has 2 N–H and O–H groups in total. The van der Waals surface area contributed by atoms with Crippen LogP contribution in [0.5, 0.6) is 0 Å². The van der Waals surface area contributed by atoms with Gasteiger partial charge in [-0.05, 0) is 30.9 Å². The zero-order chi connectivity index (χ0) is 12.8. The third-order valence-electron chi connectivity index (χ3n) is 4.25. The fraction of sp³-hybridized carbons (Fsp3) is 0.625. The highest BCUT2D eigenvalue weighted by Gasteiger charge is 2.29. The average Bonchev–Trinajstić information content (AvgIpc) is 2.46. The Hall–Kier alpha value is -0.860. The molecule has 0 amide bonds. The Morgan fingerprint density at radius 2 is 1.89 bits per heavy atom. The summed E-state index contributed by atoms with van der Waals surface area (Å²) in [5.74, 6) is 0.700. The van der Waals surface area contributed by atoms with Crippen LogP contribution in [0.25, 0.3) is 0 Å². The van der Waals surface area contributed by atoms with Gasteiger partial charge in [-0.1, -0.05) is 50.1 Å². The Morgan fingerprint density at radius 3 is 2.56 bits per heavy atom. The van der Waals surface area contributed by atoms with Crippen molar-refractivity contribution >= 4 is 0 Å². The molecule has 0 aromatic heterocycles. The molecule has 2 atom stereocenters. The molecule has 2 heteroatoms. The summed E-state index contributed by atoms with van der Waals surface area (Å²) >= 11 is 0. The Bertz CT molecular complexity index is 336. The van der Waals surface area contributed by atoms with E-state index < -0.39 is 0 Å². The van der Waals surface area contributed by atoms with E-state index in [1.807, 2.05) is 0 Å². The van der Waals surface area contributed by atoms with Crippen molar-refractivity contribution in [1.29, 1.82) is 0 Å². The molecule has 0 heterocycles. The number of nitrogens with two attached hydrogens (primary N) is 1. The number of rotatable bonds is 5. The summed E-state index contributed by atoms with van der Waals surface area (Å²) in [6.07, 6.45) is 5.40. The highest BCUT2D eigenvalue weighted by Crippen LogP contribution is 2.35. The van der Waals surface area contributed by atoms with E-state index in [2.05, 4.69) is 42.2 Å². The summed E-state index contributed by atoms with van der Waals surface area (Å²) in [6.45, 7) is 5.17. The minimum atomic E-state index is 0.690. The largest absolute Gasteiger partial charge is 0.329 e. The van der Waals surface area contributed by atoms with Crippen LogP contribution in [0.4, 0.5) is 0 Å². The van der Waals surface area contributed by atoms with Crippen molar-refractivity contribution in [1.82, 2.24) is 4.90 Å². The Kier molecular flexibility index (Phi) is 5.21. The molecule has 1 aliphatic rings. The molecule has 100 valence electrons. The maximum absolute atomic E-state index is 5.75. The second-order valence-corrected chi connectivity index (χ2v) is 5.29. The molecule has 1 fully saturated rings. The minimum absolute atomic E-state index is 0.690. The second-order valence-electron chi connectivity index (χ2n) is 5.29. The molecule has 0 bridgehead atoms. The van der Waals surface area contributed by atoms with Crippen molar-refractivity contribution in [2.24, 2.45) is 5.73 Å². The van der Waals surface area contributed by atoms with E-state index in [-0.39, 0.29) is 0 Å². The van der Waals surface area contributed by atoms with Crippen LogP contribution >= 0.6 is 0 Å². The van der Waals surface area contributed by atoms with Crippen molar-refractivity contribution in [3.63, 3.8) is 0 Å². The van der Waals surface area contributed by atoms with E-state index in [1.165, 1.54) is 31.2 Å². The molecular weight excluding hydrogens is 220 g/mol. The van der Waals surface area contributed by atoms with E-state index in [4.69, 9.17) is 5.73 Å². The first-order valence-electron chi connectivity index (χ1n) is 7.36. The van der Waals surface area contributed by atoms with Crippen LogP contribution in [0.15, 0.2) is 30.3 Å². The smallest absolute Gasteiger partial charge is 0.0164 e. The van der Waals surface area contributed by atoms with Gasteiger partial charge in [0, 0.05) is 19.1 Å². The first-order valence-corrected chi connectivity index (χ1v) is 7.36. The summed E-state index contributed by atoms with van der Waals surface area (Å²) in [6, 6.07) is 11.7. The lowest BCUT2D eigenvalue weighted by atomic mass is 9.79. The fourth-order valence-corrected chi connectivity index (χ4v) is 3.36. The molecule has 2 unspecified atom stereocenters. The maximum Gasteiger partial charge on any atom is 0.0164 e. The van der Waals surface area contributed by atoms with Gasteiger partial charge in [0.05, 0.1) is 0 Å². The highest BCUT2D eigenvalue weighted by atomic mass is 15.2. The van der Waals surface area contributed by atoms with Crippen molar-refractivity contribution in [3.8, 4) is 0 Å². The van der Waals surface area contributed by atoms with Gasteiger partial charge < -0.3 is 5.73 Å². The van der Waals surface area contributed by atoms with Gasteiger partial charge >= 0.3 is 0 Å². The van der Waals surface area contributed by atoms with E-state index in [0.29, 0.717) is 12.0 Å². The van der Waals surface area contributed by atoms with Crippen molar-refractivity contribution in [2.75, 3.05) is 19.6 Å². The third kappa shape index (κ3) is 3.12. The molecule has 2 nitrogen and oxygen atoms in total. The van der Waals surface area contributed by atoms with Crippen LogP contribution < -0.4 is 5.73 Å². The molecule has 1 saturated carbocycles. The fourth-order valence-electron chi connectivity index (χ4n) is 3.36. The molecule has 0 aliphatic heterocycles. The van der Waals surface area contributed by atoms with Gasteiger partial charge in [0.2, 0.25) is 0 Å². The molecule has 18 heavy (non-hydrogen) atoms. The first-order chi connectivity index (χ1) is 8.86. The van der Waals surface area contributed by atoms with E-state index in [0.717, 1.165) is 19.6 Å². The van der Waals surface area contributed by atoms with Crippen LogP contribution in [0.1, 0.15) is 44.1 Å². The minimum Gasteiger partial charge on any atom is -0.329 e. The summed E-state index contributed by atoms with van der Waals surface area (Å²) in [4.78, 5) is 2.58. The van der Waals surface area contributed by atoms with Crippen LogP contribution in [0.3, 0.4) is 0 Å². The number of hydrogen-bond acceptors (Lipinski definition) is 2. The topological polar surface area (TPSA) is 29.3 Å². The standard InChI is InChI=1S/C16H26N2/c1-2-18(13-12-17)16-11-7-6-10-15(16)14-8-4-3-5-9-14/h3-5,8-9,15-16H,2,6-7,10-13,17H2,1H3.